The molecule has 54 heavy (non-hydrogen) atoms. The summed E-state index contributed by atoms with van der Waals surface area (Å²) in [5.74, 6) is -9.80. The van der Waals surface area contributed by atoms with E-state index in [0.29, 0.717) is 29.8 Å². The Kier molecular flexibility index (Phi) is 14.3. The summed E-state index contributed by atoms with van der Waals surface area (Å²) in [5.41, 5.74) is 1.12. The molecule has 0 spiro atoms. The van der Waals surface area contributed by atoms with Gasteiger partial charge in [-0.25, -0.2) is 9.78 Å². The molecule has 13 nitrogen and oxygen atoms in total. The summed E-state index contributed by atoms with van der Waals surface area (Å²) in [6.45, 7) is 4.76. The maximum absolute atomic E-state index is 15.5. The van der Waals surface area contributed by atoms with Crippen molar-refractivity contribution in [2.45, 2.75) is 58.7 Å². The van der Waals surface area contributed by atoms with Gasteiger partial charge in [-0.15, -0.1) is 0 Å². The van der Waals surface area contributed by atoms with Crippen LogP contribution in [0.25, 0.3) is 11.4 Å². The van der Waals surface area contributed by atoms with Gasteiger partial charge >= 0.3 is 12.0 Å². The predicted molar refractivity (Wildman–Crippen MR) is 197 cm³/mol. The van der Waals surface area contributed by atoms with E-state index >= 15 is 8.78 Å². The number of alkyl halides is 2. The number of aryl methyl sites for hydroxylation is 1. The number of carbonyl (C=O) groups excluding carboxylic acids is 5. The van der Waals surface area contributed by atoms with E-state index in [-0.39, 0.29) is 30.4 Å². The number of rotatable bonds is 17. The molecule has 4 aromatic rings. The quantitative estimate of drug-likeness (QED) is 0.135. The van der Waals surface area contributed by atoms with E-state index in [1.807, 2.05) is 5.32 Å². The van der Waals surface area contributed by atoms with E-state index in [1.54, 1.807) is 106 Å². The van der Waals surface area contributed by atoms with Crippen LogP contribution in [0.1, 0.15) is 37.0 Å². The number of benzene rings is 3. The van der Waals surface area contributed by atoms with Crippen molar-refractivity contribution in [2.75, 3.05) is 25.0 Å². The van der Waals surface area contributed by atoms with Crippen molar-refractivity contribution >= 4 is 35.3 Å². The number of ether oxygens (including phenoxy) is 1. The molecule has 4 rings (SSSR count). The van der Waals surface area contributed by atoms with Crippen LogP contribution in [0.3, 0.4) is 0 Å². The summed E-state index contributed by atoms with van der Waals surface area (Å²) in [4.78, 5) is 84.1. The maximum atomic E-state index is 15.5. The van der Waals surface area contributed by atoms with Crippen LogP contribution in [0.15, 0.2) is 95.9 Å². The van der Waals surface area contributed by atoms with Gasteiger partial charge in [0.2, 0.25) is 17.6 Å². The van der Waals surface area contributed by atoms with Crippen LogP contribution >= 0.6 is 0 Å². The van der Waals surface area contributed by atoms with E-state index in [4.69, 9.17) is 4.74 Å². The predicted octanol–water partition coefficient (Wildman–Crippen LogP) is 4.27. The highest BCUT2D eigenvalue weighted by atomic mass is 19.3. The van der Waals surface area contributed by atoms with Gasteiger partial charge in [-0.1, -0.05) is 84.4 Å². The Morgan fingerprint density at radius 2 is 1.56 bits per heavy atom. The zero-order chi connectivity index (χ0) is 39.3. The zero-order valence-electron chi connectivity index (χ0n) is 30.1. The van der Waals surface area contributed by atoms with Gasteiger partial charge < -0.3 is 20.3 Å². The average Bonchev–Trinajstić information content (AvgIpc) is 3.16. The summed E-state index contributed by atoms with van der Waals surface area (Å²) in [6.07, 6.45) is -0.536. The summed E-state index contributed by atoms with van der Waals surface area (Å²) in [7, 11) is 0. The molecule has 1 atom stereocenters. The Balaban J connectivity index is 1.58. The highest BCUT2D eigenvalue weighted by Gasteiger charge is 2.50. The highest BCUT2D eigenvalue weighted by Crippen LogP contribution is 2.21. The smallest absolute Gasteiger partial charge is 0.412 e. The molecule has 0 aliphatic heterocycles. The number of hydrogen-bond donors (Lipinski definition) is 3. The van der Waals surface area contributed by atoms with Gasteiger partial charge in [0.25, 0.3) is 11.5 Å². The lowest BCUT2D eigenvalue weighted by Crippen LogP contribution is -2.56. The topological polar surface area (TPSA) is 169 Å². The van der Waals surface area contributed by atoms with Crippen LogP contribution in [0.2, 0.25) is 0 Å². The summed E-state index contributed by atoms with van der Waals surface area (Å²) < 4.78 is 37.1. The van der Waals surface area contributed by atoms with Crippen LogP contribution in [0.4, 0.5) is 19.3 Å². The molecular formula is C39H42F2N6O7. The van der Waals surface area contributed by atoms with Crippen LogP contribution in [0, 0.1) is 6.92 Å². The molecule has 3 aromatic carbocycles. The van der Waals surface area contributed by atoms with E-state index < -0.39 is 60.7 Å². The number of hydrogen-bond acceptors (Lipinski definition) is 8. The number of aromatic nitrogens is 2. The molecule has 3 N–H and O–H groups in total. The fourth-order valence-corrected chi connectivity index (χ4v) is 5.51. The van der Waals surface area contributed by atoms with Gasteiger partial charge in [0.1, 0.15) is 24.7 Å². The first-order valence-corrected chi connectivity index (χ1v) is 17.3. The normalized spacial score (nSPS) is 11.6. The number of carbonyl (C=O) groups is 5. The standard InChI is InChI=1S/C39H42F2N6O7/c1-4-46(5-2)33(49)19-20-42-37(52)39(40,41)34(50)30(22-27-14-8-6-9-15-27)44-32(48)24-47-35(29-18-12-13-26(3)21-29)43-23-31(36(47)51)45-38(53)54-25-28-16-10-7-11-17-28/h6-18,21,23,30H,4-5,19-20,22,24-25H2,1-3H3,(H,42,52)(H,44,48)(H,45,53). The van der Waals surface area contributed by atoms with Crippen molar-refractivity contribution in [1.29, 1.82) is 0 Å². The first-order valence-electron chi connectivity index (χ1n) is 17.3. The summed E-state index contributed by atoms with van der Waals surface area (Å²) in [6, 6.07) is 21.7. The Bertz CT molecular complexity index is 2000. The molecule has 0 saturated carbocycles. The minimum Gasteiger partial charge on any atom is -0.444 e. The number of nitrogens with one attached hydrogen (secondary N) is 3. The summed E-state index contributed by atoms with van der Waals surface area (Å²) >= 11 is 0. The van der Waals surface area contributed by atoms with Gasteiger partial charge in [-0.05, 0) is 38.0 Å². The highest BCUT2D eigenvalue weighted by molar-refractivity contribution is 6.10. The van der Waals surface area contributed by atoms with Crippen LogP contribution in [-0.4, -0.2) is 75.6 Å². The lowest BCUT2D eigenvalue weighted by atomic mass is 9.98. The minimum absolute atomic E-state index is 0.0111. The van der Waals surface area contributed by atoms with Crippen molar-refractivity contribution in [2.24, 2.45) is 0 Å². The number of ketones is 1. The second-order valence-electron chi connectivity index (χ2n) is 12.3. The van der Waals surface area contributed by atoms with Crippen LogP contribution < -0.4 is 21.5 Å². The van der Waals surface area contributed by atoms with E-state index in [1.165, 1.54) is 4.90 Å². The minimum atomic E-state index is -4.60. The van der Waals surface area contributed by atoms with Gasteiger partial charge in [-0.2, -0.15) is 8.78 Å². The second-order valence-corrected chi connectivity index (χ2v) is 12.3. The number of amides is 4. The van der Waals surface area contributed by atoms with Gasteiger partial charge in [0, 0.05) is 38.0 Å². The Morgan fingerprint density at radius 3 is 2.19 bits per heavy atom. The molecule has 0 bridgehead atoms. The molecule has 0 aliphatic carbocycles. The lowest BCUT2D eigenvalue weighted by Gasteiger charge is -2.24. The van der Waals surface area contributed by atoms with Gasteiger partial charge in [0.15, 0.2) is 0 Å². The van der Waals surface area contributed by atoms with Gasteiger partial charge in [-0.3, -0.25) is 33.9 Å². The monoisotopic (exact) mass is 744 g/mol. The van der Waals surface area contributed by atoms with E-state index in [2.05, 4.69) is 15.6 Å². The largest absolute Gasteiger partial charge is 0.444 e. The number of halogens is 2. The average molecular weight is 745 g/mol. The van der Waals surface area contributed by atoms with Crippen molar-refractivity contribution in [3.63, 3.8) is 0 Å². The fraction of sp³-hybridized carbons (Fsp3) is 0.308. The third kappa shape index (κ3) is 10.9. The molecule has 15 heteroatoms. The second kappa shape index (κ2) is 19.0. The third-order valence-corrected chi connectivity index (χ3v) is 8.34. The zero-order valence-corrected chi connectivity index (χ0v) is 30.1. The van der Waals surface area contributed by atoms with E-state index in [0.717, 1.165) is 16.3 Å². The molecule has 4 amide bonds. The first kappa shape index (κ1) is 40.5. The number of nitrogens with zero attached hydrogens (tertiary/aromatic N) is 3. The molecule has 0 aliphatic rings. The van der Waals surface area contributed by atoms with Crippen molar-refractivity contribution in [3.8, 4) is 11.4 Å². The Hall–Kier alpha value is -6.25. The first-order chi connectivity index (χ1) is 25.8. The molecule has 0 fully saturated rings. The molecule has 0 saturated heterocycles. The fourth-order valence-electron chi connectivity index (χ4n) is 5.51. The summed E-state index contributed by atoms with van der Waals surface area (Å²) in [5, 5.41) is 6.58. The van der Waals surface area contributed by atoms with Crippen LogP contribution in [0.5, 0.6) is 0 Å². The number of Topliss-reactive ketones (excluding diaryl/α,β-unsaturated/α-hetero) is 1. The van der Waals surface area contributed by atoms with Crippen molar-refractivity contribution < 1.29 is 37.5 Å². The van der Waals surface area contributed by atoms with Crippen molar-refractivity contribution in [1.82, 2.24) is 25.1 Å². The Morgan fingerprint density at radius 1 is 0.907 bits per heavy atom. The third-order valence-electron chi connectivity index (χ3n) is 8.34. The molecule has 1 aromatic heterocycles. The molecular weight excluding hydrogens is 702 g/mol. The van der Waals surface area contributed by atoms with Crippen molar-refractivity contribution in [3.05, 3.63) is 118 Å². The van der Waals surface area contributed by atoms with Gasteiger partial charge in [0.05, 0.1) is 12.2 Å². The molecule has 1 heterocycles. The number of anilines is 1. The molecule has 284 valence electrons. The molecule has 1 unspecified atom stereocenters. The van der Waals surface area contributed by atoms with E-state index in [9.17, 15) is 28.8 Å². The van der Waals surface area contributed by atoms with Crippen LogP contribution in [-0.2, 0) is 43.5 Å². The maximum Gasteiger partial charge on any atom is 0.412 e. The Labute approximate surface area is 310 Å². The molecule has 0 radical (unpaired) electrons. The SMILES string of the molecule is CCN(CC)C(=O)CCNC(=O)C(F)(F)C(=O)C(Cc1ccccc1)NC(=O)Cn1c(-c2cccc(C)c2)ncc(NC(=O)OCc2ccccc2)c1=O. The lowest BCUT2D eigenvalue weighted by molar-refractivity contribution is -0.160.